The Balaban J connectivity index is 1.82. The van der Waals surface area contributed by atoms with Gasteiger partial charge in [0.05, 0.1) is 31.9 Å². The van der Waals surface area contributed by atoms with Crippen molar-refractivity contribution in [1.82, 2.24) is 9.97 Å². The molecular formula is C21H18ClN3O5S2. The van der Waals surface area contributed by atoms with Crippen molar-refractivity contribution in [3.05, 3.63) is 64.9 Å². The Morgan fingerprint density at radius 2 is 1.91 bits per heavy atom. The molecule has 0 aliphatic carbocycles. The number of methoxy groups -OCH3 is 2. The number of rotatable bonds is 7. The van der Waals surface area contributed by atoms with Crippen molar-refractivity contribution in [3.8, 4) is 17.2 Å². The van der Waals surface area contributed by atoms with Gasteiger partial charge in [0, 0.05) is 34.0 Å². The number of sulfonamides is 1. The number of hydrogen-bond acceptors (Lipinski definition) is 8. The number of hydrogen-bond donors (Lipinski definition) is 1. The summed E-state index contributed by atoms with van der Waals surface area (Å²) < 4.78 is 39.3. The molecule has 0 saturated carbocycles. The minimum absolute atomic E-state index is 0.0229. The number of ether oxygens (including phenoxy) is 2. The fourth-order valence-electron chi connectivity index (χ4n) is 3.19. The Hall–Kier alpha value is -3.08. The second-order valence-corrected chi connectivity index (χ2v) is 9.74. The van der Waals surface area contributed by atoms with Gasteiger partial charge in [0.2, 0.25) is 0 Å². The van der Waals surface area contributed by atoms with Crippen molar-refractivity contribution in [1.29, 1.82) is 0 Å². The summed E-state index contributed by atoms with van der Waals surface area (Å²) in [5, 5.41) is 13.1. The van der Waals surface area contributed by atoms with Crippen LogP contribution in [-0.2, 0) is 16.6 Å². The standard InChI is InChI=1S/C21H18ClN3O5S2/c1-29-14-4-3-13(19(9-14)30-2)12-25(21-23-7-8-31-21)32(27,28)15-5-6-16-17(10-15)18(26)11-24-20(16)22/h3-11,26H,12H2,1-2H3. The molecule has 0 atom stereocenters. The van der Waals surface area contributed by atoms with Gasteiger partial charge in [-0.15, -0.1) is 11.3 Å². The molecule has 0 radical (unpaired) electrons. The van der Waals surface area contributed by atoms with E-state index in [0.717, 1.165) is 0 Å². The smallest absolute Gasteiger partial charge is 0.266 e. The monoisotopic (exact) mass is 491 g/mol. The van der Waals surface area contributed by atoms with Gasteiger partial charge >= 0.3 is 0 Å². The zero-order chi connectivity index (χ0) is 22.9. The summed E-state index contributed by atoms with van der Waals surface area (Å²) in [5.41, 5.74) is 0.628. The summed E-state index contributed by atoms with van der Waals surface area (Å²) in [7, 11) is -1.02. The van der Waals surface area contributed by atoms with E-state index in [0.29, 0.717) is 27.6 Å². The topological polar surface area (TPSA) is 102 Å². The minimum atomic E-state index is -4.06. The molecule has 2 aromatic carbocycles. The first-order valence-electron chi connectivity index (χ1n) is 9.25. The van der Waals surface area contributed by atoms with Crippen LogP contribution in [0.25, 0.3) is 10.8 Å². The van der Waals surface area contributed by atoms with Crippen LogP contribution in [0.2, 0.25) is 5.15 Å². The average molecular weight is 492 g/mol. The van der Waals surface area contributed by atoms with Crippen LogP contribution in [0.5, 0.6) is 17.2 Å². The van der Waals surface area contributed by atoms with Gasteiger partial charge < -0.3 is 14.6 Å². The lowest BCUT2D eigenvalue weighted by atomic mass is 10.2. The van der Waals surface area contributed by atoms with Crippen LogP contribution in [0.1, 0.15) is 5.56 Å². The second kappa shape index (κ2) is 8.81. The van der Waals surface area contributed by atoms with Crippen LogP contribution in [0, 0.1) is 0 Å². The molecule has 0 unspecified atom stereocenters. The zero-order valence-corrected chi connectivity index (χ0v) is 19.4. The molecule has 4 aromatic rings. The van der Waals surface area contributed by atoms with Crippen molar-refractivity contribution in [2.45, 2.75) is 11.4 Å². The maximum Gasteiger partial charge on any atom is 0.266 e. The van der Waals surface area contributed by atoms with Crippen LogP contribution < -0.4 is 13.8 Å². The van der Waals surface area contributed by atoms with Gasteiger partial charge in [-0.25, -0.2) is 22.7 Å². The number of thiazole rings is 1. The Kier molecular flexibility index (Phi) is 6.09. The predicted molar refractivity (Wildman–Crippen MR) is 123 cm³/mol. The third-order valence-corrected chi connectivity index (χ3v) is 7.76. The maximum absolute atomic E-state index is 13.7. The van der Waals surface area contributed by atoms with Gasteiger partial charge in [0.1, 0.15) is 22.4 Å². The van der Waals surface area contributed by atoms with E-state index >= 15 is 0 Å². The van der Waals surface area contributed by atoms with Gasteiger partial charge in [-0.2, -0.15) is 0 Å². The number of aromatic nitrogens is 2. The molecule has 11 heteroatoms. The molecule has 8 nitrogen and oxygen atoms in total. The van der Waals surface area contributed by atoms with E-state index in [4.69, 9.17) is 21.1 Å². The summed E-state index contributed by atoms with van der Waals surface area (Å²) in [6.45, 7) is -0.0237. The van der Waals surface area contributed by atoms with Crippen LogP contribution in [0.3, 0.4) is 0 Å². The van der Waals surface area contributed by atoms with Gasteiger partial charge in [0.15, 0.2) is 5.13 Å². The van der Waals surface area contributed by atoms with Crippen LogP contribution in [0.4, 0.5) is 5.13 Å². The minimum Gasteiger partial charge on any atom is -0.506 e. The Morgan fingerprint density at radius 3 is 2.59 bits per heavy atom. The Labute approximate surface area is 193 Å². The zero-order valence-electron chi connectivity index (χ0n) is 17.0. The largest absolute Gasteiger partial charge is 0.506 e. The average Bonchev–Trinajstić information content (AvgIpc) is 3.34. The summed E-state index contributed by atoms with van der Waals surface area (Å²) in [4.78, 5) is 8.07. The molecule has 4 rings (SSSR count). The maximum atomic E-state index is 13.7. The lowest BCUT2D eigenvalue weighted by Gasteiger charge is -2.23. The third kappa shape index (κ3) is 4.04. The third-order valence-electron chi connectivity index (χ3n) is 4.82. The number of nitrogens with zero attached hydrogens (tertiary/aromatic N) is 3. The lowest BCUT2D eigenvalue weighted by Crippen LogP contribution is -2.30. The molecule has 0 saturated heterocycles. The first-order valence-corrected chi connectivity index (χ1v) is 11.9. The SMILES string of the molecule is COc1ccc(CN(c2nccs2)S(=O)(=O)c2ccc3c(Cl)ncc(O)c3c2)c(OC)c1. The Bertz CT molecular complexity index is 1380. The molecule has 2 heterocycles. The normalized spacial score (nSPS) is 11.5. The lowest BCUT2D eigenvalue weighted by molar-refractivity contribution is 0.391. The quantitative estimate of drug-likeness (QED) is 0.381. The van der Waals surface area contributed by atoms with Gasteiger partial charge in [0.25, 0.3) is 10.0 Å². The highest BCUT2D eigenvalue weighted by Crippen LogP contribution is 2.35. The van der Waals surface area contributed by atoms with Crippen molar-refractivity contribution in [2.75, 3.05) is 18.5 Å². The van der Waals surface area contributed by atoms with Gasteiger partial charge in [-0.1, -0.05) is 11.6 Å². The van der Waals surface area contributed by atoms with Gasteiger partial charge in [-0.05, 0) is 30.3 Å². The van der Waals surface area contributed by atoms with Crippen molar-refractivity contribution in [2.24, 2.45) is 0 Å². The highest BCUT2D eigenvalue weighted by molar-refractivity contribution is 7.93. The highest BCUT2D eigenvalue weighted by atomic mass is 35.5. The number of pyridine rings is 1. The number of halogens is 1. The first kappa shape index (κ1) is 22.1. The first-order chi connectivity index (χ1) is 15.3. The molecule has 1 N–H and O–H groups in total. The van der Waals surface area contributed by atoms with Crippen molar-refractivity contribution < 1.29 is 23.0 Å². The van der Waals surface area contributed by atoms with E-state index < -0.39 is 10.0 Å². The summed E-state index contributed by atoms with van der Waals surface area (Å²) in [6.07, 6.45) is 2.72. The number of anilines is 1. The van der Waals surface area contributed by atoms with E-state index in [1.54, 1.807) is 23.6 Å². The van der Waals surface area contributed by atoms with E-state index in [9.17, 15) is 13.5 Å². The molecule has 166 valence electrons. The Morgan fingerprint density at radius 1 is 1.09 bits per heavy atom. The molecule has 0 spiro atoms. The summed E-state index contributed by atoms with van der Waals surface area (Å²) in [5.74, 6) is 0.902. The molecule has 2 aromatic heterocycles. The van der Waals surface area contributed by atoms with Crippen molar-refractivity contribution >= 4 is 48.9 Å². The van der Waals surface area contributed by atoms with E-state index in [1.165, 1.54) is 60.5 Å². The molecule has 0 fully saturated rings. The van der Waals surface area contributed by atoms with Crippen LogP contribution in [-0.4, -0.2) is 37.7 Å². The molecule has 0 amide bonds. The number of fused-ring (bicyclic) bond motifs is 1. The van der Waals surface area contributed by atoms with Crippen molar-refractivity contribution in [3.63, 3.8) is 0 Å². The molecular weight excluding hydrogens is 474 g/mol. The van der Waals surface area contributed by atoms with Crippen LogP contribution in [0.15, 0.2) is 59.1 Å². The summed E-state index contributed by atoms with van der Waals surface area (Å²) >= 11 is 7.28. The molecule has 32 heavy (non-hydrogen) atoms. The number of benzene rings is 2. The van der Waals surface area contributed by atoms with E-state index in [2.05, 4.69) is 9.97 Å². The molecule has 0 aliphatic rings. The summed E-state index contributed by atoms with van der Waals surface area (Å²) in [6, 6.07) is 9.48. The van der Waals surface area contributed by atoms with E-state index in [-0.39, 0.29) is 27.7 Å². The second-order valence-electron chi connectivity index (χ2n) is 6.65. The predicted octanol–water partition coefficient (Wildman–Crippen LogP) is 4.46. The van der Waals surface area contributed by atoms with E-state index in [1.807, 2.05) is 0 Å². The molecule has 0 aliphatic heterocycles. The molecule has 0 bridgehead atoms. The number of aromatic hydroxyl groups is 1. The van der Waals surface area contributed by atoms with Gasteiger partial charge in [-0.3, -0.25) is 0 Å². The fraction of sp³-hybridized carbons (Fsp3) is 0.143. The highest BCUT2D eigenvalue weighted by Gasteiger charge is 2.29. The fourth-order valence-corrected chi connectivity index (χ4v) is 5.70. The van der Waals surface area contributed by atoms with Crippen LogP contribution >= 0.6 is 22.9 Å².